The highest BCUT2D eigenvalue weighted by molar-refractivity contribution is 5.91. The average molecular weight is 592 g/mol. The van der Waals surface area contributed by atoms with Crippen LogP contribution in [-0.2, 0) is 39.7 Å². The Bertz CT molecular complexity index is 1440. The van der Waals surface area contributed by atoms with Crippen LogP contribution < -0.4 is 5.32 Å². The Kier molecular flexibility index (Phi) is 8.65. The van der Waals surface area contributed by atoms with Crippen LogP contribution in [0.25, 0.3) is 0 Å². The number of carbonyl (C=O) groups excluding carboxylic acids is 3. The summed E-state index contributed by atoms with van der Waals surface area (Å²) in [5.41, 5.74) is -1.20. The Morgan fingerprint density at radius 1 is 0.905 bits per heavy atom. The van der Waals surface area contributed by atoms with Crippen LogP contribution >= 0.6 is 0 Å². The van der Waals surface area contributed by atoms with Gasteiger partial charge in [-0.1, -0.05) is 54.6 Å². The summed E-state index contributed by atoms with van der Waals surface area (Å²) >= 11 is 0. The van der Waals surface area contributed by atoms with Gasteiger partial charge in [-0.15, -0.1) is 0 Å². The van der Waals surface area contributed by atoms with Crippen LogP contribution in [-0.4, -0.2) is 47.2 Å². The van der Waals surface area contributed by atoms with Crippen molar-refractivity contribution < 1.29 is 40.7 Å². The molecule has 1 N–H and O–H groups in total. The molecule has 222 valence electrons. The summed E-state index contributed by atoms with van der Waals surface area (Å²) < 4.78 is 80.1. The molecule has 2 atom stereocenters. The Balaban J connectivity index is 1.70. The highest BCUT2D eigenvalue weighted by Gasteiger charge is 2.39. The third kappa shape index (κ3) is 6.92. The van der Waals surface area contributed by atoms with Crippen LogP contribution in [0.15, 0.2) is 72.8 Å². The van der Waals surface area contributed by atoms with Crippen molar-refractivity contribution in [2.45, 2.75) is 44.3 Å². The van der Waals surface area contributed by atoms with Crippen molar-refractivity contribution in [3.63, 3.8) is 0 Å². The molecule has 0 bridgehead atoms. The SMILES string of the molecule is CC(=O)N[C@@H]1Cc2ccccc2[C@@H](c2ccccc2)N(CC(=O)N(C)Cc2cc(C(F)(F)F)cc(C(F)(F)F)c2)C1=O. The van der Waals surface area contributed by atoms with E-state index >= 15 is 0 Å². The number of nitrogens with zero attached hydrogens (tertiary/aromatic N) is 2. The number of alkyl halides is 6. The van der Waals surface area contributed by atoms with E-state index in [0.717, 1.165) is 10.5 Å². The summed E-state index contributed by atoms with van der Waals surface area (Å²) in [6, 6.07) is 15.4. The second-order valence-corrected chi connectivity index (χ2v) is 10.1. The smallest absolute Gasteiger partial charge is 0.344 e. The Morgan fingerprint density at radius 3 is 2.05 bits per heavy atom. The molecule has 3 aromatic rings. The van der Waals surface area contributed by atoms with Gasteiger partial charge in [-0.3, -0.25) is 14.4 Å². The molecule has 0 radical (unpaired) electrons. The summed E-state index contributed by atoms with van der Waals surface area (Å²) in [6.45, 7) is 0.131. The van der Waals surface area contributed by atoms with Crippen LogP contribution in [0.1, 0.15) is 46.3 Å². The van der Waals surface area contributed by atoms with E-state index < -0.39 is 66.4 Å². The highest BCUT2D eigenvalue weighted by Crippen LogP contribution is 2.37. The maximum atomic E-state index is 13.9. The number of hydrogen-bond donors (Lipinski definition) is 1. The lowest BCUT2D eigenvalue weighted by atomic mass is 9.93. The first kappa shape index (κ1) is 30.6. The number of halogens is 6. The standard InChI is InChI=1S/C30H27F6N3O3/c1-18(40)37-25-14-21-10-6-7-11-24(21)27(20-8-4-3-5-9-20)39(28(25)42)17-26(41)38(2)16-19-12-22(29(31,32)33)15-23(13-19)30(34,35)36/h3-13,15,25,27H,14,16-17H2,1-2H3,(H,37,40)/t25-,27-/m1/s1. The molecule has 12 heteroatoms. The number of fused-ring (bicyclic) bond motifs is 1. The maximum absolute atomic E-state index is 13.9. The van der Waals surface area contributed by atoms with Crippen LogP contribution in [0.4, 0.5) is 26.3 Å². The molecule has 0 aliphatic carbocycles. The monoisotopic (exact) mass is 591 g/mol. The third-order valence-electron chi connectivity index (χ3n) is 6.96. The summed E-state index contributed by atoms with van der Waals surface area (Å²) in [6.07, 6.45) is -9.92. The molecule has 0 unspecified atom stereocenters. The topological polar surface area (TPSA) is 69.7 Å². The van der Waals surface area contributed by atoms with Crippen LogP contribution in [0, 0.1) is 0 Å². The van der Waals surface area contributed by atoms with E-state index in [1.165, 1.54) is 18.9 Å². The lowest BCUT2D eigenvalue weighted by molar-refractivity contribution is -0.143. The first-order valence-corrected chi connectivity index (χ1v) is 12.9. The molecule has 3 amide bonds. The number of rotatable bonds is 6. The first-order valence-electron chi connectivity index (χ1n) is 12.9. The van der Waals surface area contributed by atoms with Crippen molar-refractivity contribution in [3.8, 4) is 0 Å². The molecule has 1 aliphatic rings. The normalized spacial score (nSPS) is 17.3. The molecular formula is C30H27F6N3O3. The van der Waals surface area contributed by atoms with E-state index in [0.29, 0.717) is 23.3 Å². The maximum Gasteiger partial charge on any atom is 0.416 e. The molecule has 0 fully saturated rings. The zero-order chi connectivity index (χ0) is 30.8. The van der Waals surface area contributed by atoms with Crippen molar-refractivity contribution in [3.05, 3.63) is 106 Å². The molecule has 42 heavy (non-hydrogen) atoms. The fourth-order valence-electron chi connectivity index (χ4n) is 5.05. The largest absolute Gasteiger partial charge is 0.416 e. The summed E-state index contributed by atoms with van der Waals surface area (Å²) in [5, 5.41) is 2.63. The van der Waals surface area contributed by atoms with Crippen molar-refractivity contribution in [1.29, 1.82) is 0 Å². The van der Waals surface area contributed by atoms with E-state index in [1.807, 2.05) is 6.07 Å². The predicted octanol–water partition coefficient (Wildman–Crippen LogP) is 5.36. The molecule has 3 aromatic carbocycles. The van der Waals surface area contributed by atoms with Gasteiger partial charge in [-0.05, 0) is 40.5 Å². The van der Waals surface area contributed by atoms with E-state index in [1.54, 1.807) is 48.5 Å². The first-order chi connectivity index (χ1) is 19.6. The van der Waals surface area contributed by atoms with Gasteiger partial charge in [-0.25, -0.2) is 0 Å². The number of nitrogens with one attached hydrogen (secondary N) is 1. The molecule has 1 aliphatic heterocycles. The minimum atomic E-state index is -5.04. The van der Waals surface area contributed by atoms with Crippen LogP contribution in [0.5, 0.6) is 0 Å². The third-order valence-corrected chi connectivity index (χ3v) is 6.96. The zero-order valence-electron chi connectivity index (χ0n) is 22.6. The number of benzene rings is 3. The van der Waals surface area contributed by atoms with Crippen molar-refractivity contribution in [2.24, 2.45) is 0 Å². The summed E-state index contributed by atoms with van der Waals surface area (Å²) in [4.78, 5) is 41.5. The molecule has 0 aromatic heterocycles. The van der Waals surface area contributed by atoms with Gasteiger partial charge in [0.15, 0.2) is 0 Å². The van der Waals surface area contributed by atoms with Gasteiger partial charge in [0.25, 0.3) is 0 Å². The van der Waals surface area contributed by atoms with Crippen molar-refractivity contribution in [1.82, 2.24) is 15.1 Å². The van der Waals surface area contributed by atoms with E-state index in [-0.39, 0.29) is 18.1 Å². The molecular weight excluding hydrogens is 564 g/mol. The number of carbonyl (C=O) groups is 3. The van der Waals surface area contributed by atoms with Gasteiger partial charge in [0.1, 0.15) is 12.6 Å². The number of amides is 3. The molecule has 0 saturated heterocycles. The van der Waals surface area contributed by atoms with Gasteiger partial charge < -0.3 is 15.1 Å². The minimum absolute atomic E-state index is 0.0191. The number of likely N-dealkylation sites (N-methyl/N-ethyl adjacent to an activating group) is 1. The molecule has 0 saturated carbocycles. The second-order valence-electron chi connectivity index (χ2n) is 10.1. The van der Waals surface area contributed by atoms with E-state index in [9.17, 15) is 40.7 Å². The molecule has 1 heterocycles. The fraction of sp³-hybridized carbons (Fsp3) is 0.300. The Labute approximate surface area is 237 Å². The minimum Gasteiger partial charge on any atom is -0.344 e. The fourth-order valence-corrected chi connectivity index (χ4v) is 5.05. The van der Waals surface area contributed by atoms with Crippen molar-refractivity contribution in [2.75, 3.05) is 13.6 Å². The van der Waals surface area contributed by atoms with Gasteiger partial charge >= 0.3 is 12.4 Å². The van der Waals surface area contributed by atoms with E-state index in [4.69, 9.17) is 0 Å². The second kappa shape index (κ2) is 11.9. The van der Waals surface area contributed by atoms with Gasteiger partial charge in [0, 0.05) is 26.9 Å². The summed E-state index contributed by atoms with van der Waals surface area (Å²) in [7, 11) is 1.23. The lowest BCUT2D eigenvalue weighted by Gasteiger charge is -2.34. The Morgan fingerprint density at radius 2 is 1.48 bits per heavy atom. The van der Waals surface area contributed by atoms with Crippen molar-refractivity contribution >= 4 is 17.7 Å². The summed E-state index contributed by atoms with van der Waals surface area (Å²) in [5.74, 6) is -1.75. The van der Waals surface area contributed by atoms with Gasteiger partial charge in [0.2, 0.25) is 17.7 Å². The van der Waals surface area contributed by atoms with Crippen LogP contribution in [0.2, 0.25) is 0 Å². The van der Waals surface area contributed by atoms with Gasteiger partial charge in [-0.2, -0.15) is 26.3 Å². The van der Waals surface area contributed by atoms with Crippen LogP contribution in [0.3, 0.4) is 0 Å². The Hall–Kier alpha value is -4.35. The zero-order valence-corrected chi connectivity index (χ0v) is 22.6. The predicted molar refractivity (Wildman–Crippen MR) is 141 cm³/mol. The lowest BCUT2D eigenvalue weighted by Crippen LogP contribution is -2.51. The van der Waals surface area contributed by atoms with E-state index in [2.05, 4.69) is 5.32 Å². The molecule has 6 nitrogen and oxygen atoms in total. The number of hydrogen-bond acceptors (Lipinski definition) is 3. The highest BCUT2D eigenvalue weighted by atomic mass is 19.4. The molecule has 4 rings (SSSR count). The quantitative estimate of drug-likeness (QED) is 0.393. The molecule has 0 spiro atoms. The average Bonchev–Trinajstić information content (AvgIpc) is 3.02. The van der Waals surface area contributed by atoms with Gasteiger partial charge in [0.05, 0.1) is 17.2 Å².